The second kappa shape index (κ2) is 5.25. The van der Waals surface area contributed by atoms with Gasteiger partial charge in [0.25, 0.3) is 0 Å². The number of hydrogen-bond acceptors (Lipinski definition) is 4. The van der Waals surface area contributed by atoms with E-state index in [1.807, 2.05) is 20.8 Å². The van der Waals surface area contributed by atoms with Gasteiger partial charge in [-0.05, 0) is 43.6 Å². The lowest BCUT2D eigenvalue weighted by Gasteiger charge is -2.18. The molecule has 1 heterocycles. The van der Waals surface area contributed by atoms with Crippen LogP contribution < -0.4 is 0 Å². The zero-order chi connectivity index (χ0) is 12.3. The largest absolute Gasteiger partial charge is 0.591 e. The zero-order valence-electron chi connectivity index (χ0n) is 9.69. The van der Waals surface area contributed by atoms with Crippen LogP contribution in [0, 0.1) is 0 Å². The van der Waals surface area contributed by atoms with Crippen molar-refractivity contribution in [3.05, 3.63) is 22.7 Å². The predicted molar refractivity (Wildman–Crippen MR) is 69.8 cm³/mol. The van der Waals surface area contributed by atoms with Crippen molar-refractivity contribution in [2.75, 3.05) is 0 Å². The molecule has 0 aliphatic carbocycles. The number of halogens is 1. The summed E-state index contributed by atoms with van der Waals surface area (Å²) in [6.07, 6.45) is 3.19. The van der Waals surface area contributed by atoms with Gasteiger partial charge < -0.3 is 4.55 Å². The fourth-order valence-electron chi connectivity index (χ4n) is 0.807. The van der Waals surface area contributed by atoms with Gasteiger partial charge in [0, 0.05) is 0 Å². The molecule has 1 atom stereocenters. The highest BCUT2D eigenvalue weighted by atomic mass is 79.9. The maximum atomic E-state index is 11.8. The Labute approximate surface area is 107 Å². The highest BCUT2D eigenvalue weighted by Crippen LogP contribution is 2.18. The van der Waals surface area contributed by atoms with E-state index in [1.54, 1.807) is 19.3 Å². The van der Waals surface area contributed by atoms with Crippen molar-refractivity contribution in [3.63, 3.8) is 0 Å². The summed E-state index contributed by atoms with van der Waals surface area (Å²) < 4.78 is 16.2. The molecule has 4 nitrogen and oxygen atoms in total. The Morgan fingerprint density at radius 3 is 2.44 bits per heavy atom. The van der Waals surface area contributed by atoms with E-state index >= 15 is 0 Å². The molecule has 0 amide bonds. The topological polar surface area (TPSA) is 61.2 Å². The van der Waals surface area contributed by atoms with E-state index in [9.17, 15) is 4.55 Å². The Bertz CT molecular complexity index is 386. The number of nitrogens with zero attached hydrogens (tertiary/aromatic N) is 3. The zero-order valence-corrected chi connectivity index (χ0v) is 12.1. The molecule has 1 aromatic rings. The first-order valence-electron chi connectivity index (χ1n) is 4.76. The molecule has 88 valence electrons. The smallest absolute Gasteiger partial charge is 0.144 e. The van der Waals surface area contributed by atoms with Crippen molar-refractivity contribution in [3.8, 4) is 0 Å². The molecule has 1 rings (SSSR count). The normalized spacial score (nSPS) is 15.0. The average molecular weight is 304 g/mol. The van der Waals surface area contributed by atoms with E-state index in [1.165, 1.54) is 0 Å². The van der Waals surface area contributed by atoms with Crippen LogP contribution in [-0.4, -0.2) is 25.0 Å². The van der Waals surface area contributed by atoms with Crippen LogP contribution in [-0.2, 0) is 11.4 Å². The summed E-state index contributed by atoms with van der Waals surface area (Å²) in [6.45, 7) is 7.43. The molecule has 0 spiro atoms. The fraction of sp³-hybridized carbons (Fsp3) is 0.500. The lowest BCUT2D eigenvalue weighted by molar-refractivity contribution is 0.561. The fourth-order valence-corrected chi connectivity index (χ4v) is 1.63. The molecule has 0 bridgehead atoms. The molecule has 0 saturated carbocycles. The lowest BCUT2D eigenvalue weighted by atomic mass is 10.3. The van der Waals surface area contributed by atoms with E-state index in [0.29, 0.717) is 16.0 Å². The lowest BCUT2D eigenvalue weighted by Crippen LogP contribution is -2.26. The molecule has 1 aromatic heterocycles. The SMILES string of the molecule is CC(=N[S+]([O-])C(C)(C)C)c1cnc(Br)cn1. The average Bonchev–Trinajstić information content (AvgIpc) is 2.17. The van der Waals surface area contributed by atoms with Crippen LogP contribution in [0.25, 0.3) is 0 Å². The summed E-state index contributed by atoms with van der Waals surface area (Å²) in [6, 6.07) is 0. The molecule has 0 aromatic carbocycles. The Hall–Kier alpha value is -0.460. The first kappa shape index (κ1) is 13.6. The minimum absolute atomic E-state index is 0.357. The van der Waals surface area contributed by atoms with Gasteiger partial charge in [-0.1, -0.05) is 4.40 Å². The molecule has 0 radical (unpaired) electrons. The van der Waals surface area contributed by atoms with E-state index in [0.717, 1.165) is 0 Å². The van der Waals surface area contributed by atoms with Crippen molar-refractivity contribution in [1.29, 1.82) is 0 Å². The van der Waals surface area contributed by atoms with Gasteiger partial charge in [-0.15, -0.1) is 0 Å². The maximum Gasteiger partial charge on any atom is 0.144 e. The van der Waals surface area contributed by atoms with Crippen LogP contribution >= 0.6 is 15.9 Å². The summed E-state index contributed by atoms with van der Waals surface area (Å²) in [5.41, 5.74) is 1.27. The van der Waals surface area contributed by atoms with Crippen molar-refractivity contribution < 1.29 is 4.55 Å². The van der Waals surface area contributed by atoms with E-state index in [4.69, 9.17) is 0 Å². The quantitative estimate of drug-likeness (QED) is 0.623. The Balaban J connectivity index is 2.89. The Morgan fingerprint density at radius 2 is 2.00 bits per heavy atom. The predicted octanol–water partition coefficient (Wildman–Crippen LogP) is 2.51. The first-order chi connectivity index (χ1) is 7.30. The summed E-state index contributed by atoms with van der Waals surface area (Å²) in [5.74, 6) is 0. The molecule has 0 saturated heterocycles. The van der Waals surface area contributed by atoms with Crippen LogP contribution in [0.1, 0.15) is 33.4 Å². The summed E-state index contributed by atoms with van der Waals surface area (Å²) in [7, 11) is 0. The molecule has 0 fully saturated rings. The van der Waals surface area contributed by atoms with E-state index in [2.05, 4.69) is 30.3 Å². The van der Waals surface area contributed by atoms with Crippen molar-refractivity contribution in [1.82, 2.24) is 9.97 Å². The highest BCUT2D eigenvalue weighted by molar-refractivity contribution is 9.10. The minimum atomic E-state index is -1.26. The third-order valence-electron chi connectivity index (χ3n) is 1.73. The highest BCUT2D eigenvalue weighted by Gasteiger charge is 2.26. The van der Waals surface area contributed by atoms with Crippen molar-refractivity contribution in [2.45, 2.75) is 32.4 Å². The van der Waals surface area contributed by atoms with Gasteiger partial charge in [0.1, 0.15) is 32.1 Å². The summed E-state index contributed by atoms with van der Waals surface area (Å²) in [5, 5.41) is 0. The standard InChI is InChI=1S/C10H14BrN3OS/c1-7(14-16(15)10(2,3)4)8-5-13-9(11)6-12-8/h5-6H,1-4H3. The maximum absolute atomic E-state index is 11.8. The molecular weight excluding hydrogens is 290 g/mol. The number of rotatable bonds is 2. The van der Waals surface area contributed by atoms with Gasteiger partial charge >= 0.3 is 0 Å². The molecular formula is C10H14BrN3OS. The monoisotopic (exact) mass is 303 g/mol. The van der Waals surface area contributed by atoms with Crippen LogP contribution in [0.4, 0.5) is 0 Å². The van der Waals surface area contributed by atoms with Gasteiger partial charge in [-0.25, -0.2) is 4.98 Å². The third-order valence-corrected chi connectivity index (χ3v) is 3.63. The van der Waals surface area contributed by atoms with Gasteiger partial charge in [-0.3, -0.25) is 4.98 Å². The molecule has 16 heavy (non-hydrogen) atoms. The van der Waals surface area contributed by atoms with Crippen LogP contribution in [0.3, 0.4) is 0 Å². The van der Waals surface area contributed by atoms with Crippen LogP contribution in [0.2, 0.25) is 0 Å². The summed E-state index contributed by atoms with van der Waals surface area (Å²) in [4.78, 5) is 8.18. The molecule has 0 N–H and O–H groups in total. The Kier molecular flexibility index (Phi) is 4.46. The van der Waals surface area contributed by atoms with E-state index in [-0.39, 0.29) is 4.75 Å². The van der Waals surface area contributed by atoms with Crippen LogP contribution in [0.15, 0.2) is 21.4 Å². The van der Waals surface area contributed by atoms with Crippen molar-refractivity contribution >= 4 is 33.0 Å². The molecule has 0 aliphatic rings. The van der Waals surface area contributed by atoms with Gasteiger partial charge in [0.2, 0.25) is 0 Å². The van der Waals surface area contributed by atoms with Gasteiger partial charge in [0.05, 0.1) is 12.4 Å². The summed E-state index contributed by atoms with van der Waals surface area (Å²) >= 11 is 1.94. The van der Waals surface area contributed by atoms with Crippen LogP contribution in [0.5, 0.6) is 0 Å². The number of hydrogen-bond donors (Lipinski definition) is 0. The second-order valence-electron chi connectivity index (χ2n) is 4.26. The van der Waals surface area contributed by atoms with E-state index < -0.39 is 11.4 Å². The number of aromatic nitrogens is 2. The third kappa shape index (κ3) is 3.84. The minimum Gasteiger partial charge on any atom is -0.591 e. The van der Waals surface area contributed by atoms with Gasteiger partial charge in [-0.2, -0.15) is 0 Å². The second-order valence-corrected chi connectivity index (χ2v) is 6.98. The molecule has 1 unspecified atom stereocenters. The molecule has 0 aliphatic heterocycles. The van der Waals surface area contributed by atoms with Crippen molar-refractivity contribution in [2.24, 2.45) is 4.40 Å². The molecule has 6 heteroatoms. The Morgan fingerprint density at radius 1 is 1.38 bits per heavy atom. The van der Waals surface area contributed by atoms with Gasteiger partial charge in [0.15, 0.2) is 0 Å². The first-order valence-corrected chi connectivity index (χ1v) is 6.66.